The summed E-state index contributed by atoms with van der Waals surface area (Å²) in [5.74, 6) is -0.490. The number of aromatic amines is 1. The highest BCUT2D eigenvalue weighted by Gasteiger charge is 2.12. The number of carbonyl (C=O) groups is 1. The Morgan fingerprint density at radius 3 is 2.89 bits per heavy atom. The van der Waals surface area contributed by atoms with E-state index in [1.807, 2.05) is 6.92 Å². The Balaban J connectivity index is 2.16. The van der Waals surface area contributed by atoms with Crippen LogP contribution in [0.3, 0.4) is 0 Å². The maximum atomic E-state index is 12.9. The standard InChI is InChI=1S/C12H11ClFN3O/c1-2-8-6-11(17-16-8)15-12(18)9-4-3-7(14)5-10(9)13/h3-6H,2H2,1H3,(H2,15,16,17,18). The maximum Gasteiger partial charge on any atom is 0.258 e. The molecule has 94 valence electrons. The Morgan fingerprint density at radius 2 is 2.28 bits per heavy atom. The van der Waals surface area contributed by atoms with Crippen LogP contribution < -0.4 is 5.32 Å². The molecular weight excluding hydrogens is 257 g/mol. The second-order valence-electron chi connectivity index (χ2n) is 3.71. The molecule has 0 aliphatic rings. The van der Waals surface area contributed by atoms with E-state index in [0.29, 0.717) is 5.82 Å². The van der Waals surface area contributed by atoms with Crippen LogP contribution in [0.5, 0.6) is 0 Å². The van der Waals surface area contributed by atoms with Gasteiger partial charge in [0.1, 0.15) is 5.82 Å². The number of aromatic nitrogens is 2. The van der Waals surface area contributed by atoms with Gasteiger partial charge in [0.2, 0.25) is 0 Å². The van der Waals surface area contributed by atoms with Gasteiger partial charge in [-0.05, 0) is 24.6 Å². The van der Waals surface area contributed by atoms with E-state index < -0.39 is 11.7 Å². The number of anilines is 1. The minimum absolute atomic E-state index is 0.0683. The van der Waals surface area contributed by atoms with E-state index in [1.54, 1.807) is 6.07 Å². The minimum atomic E-state index is -0.482. The predicted octanol–water partition coefficient (Wildman–Crippen LogP) is 3.02. The van der Waals surface area contributed by atoms with Crippen molar-refractivity contribution in [3.63, 3.8) is 0 Å². The molecule has 1 aromatic carbocycles. The lowest BCUT2D eigenvalue weighted by atomic mass is 10.2. The fourth-order valence-corrected chi connectivity index (χ4v) is 1.72. The van der Waals surface area contributed by atoms with Crippen LogP contribution in [0.25, 0.3) is 0 Å². The van der Waals surface area contributed by atoms with Crippen molar-refractivity contribution in [3.05, 3.63) is 46.4 Å². The molecule has 2 rings (SSSR count). The molecular formula is C12H11ClFN3O. The summed E-state index contributed by atoms with van der Waals surface area (Å²) in [7, 11) is 0. The molecule has 0 radical (unpaired) electrons. The van der Waals surface area contributed by atoms with Crippen molar-refractivity contribution in [1.82, 2.24) is 10.2 Å². The third-order valence-corrected chi connectivity index (χ3v) is 2.74. The summed E-state index contributed by atoms with van der Waals surface area (Å²) in [5.41, 5.74) is 1.12. The second kappa shape index (κ2) is 5.18. The Hall–Kier alpha value is -1.88. The highest BCUT2D eigenvalue weighted by molar-refractivity contribution is 6.34. The zero-order valence-electron chi connectivity index (χ0n) is 9.63. The van der Waals surface area contributed by atoms with E-state index in [-0.39, 0.29) is 10.6 Å². The van der Waals surface area contributed by atoms with Crippen molar-refractivity contribution in [1.29, 1.82) is 0 Å². The lowest BCUT2D eigenvalue weighted by Crippen LogP contribution is -2.12. The van der Waals surface area contributed by atoms with Crippen LogP contribution in [0.2, 0.25) is 5.02 Å². The molecule has 0 aliphatic heterocycles. The molecule has 2 aromatic rings. The molecule has 1 aromatic heterocycles. The highest BCUT2D eigenvalue weighted by atomic mass is 35.5. The number of halogens is 2. The largest absolute Gasteiger partial charge is 0.305 e. The third kappa shape index (κ3) is 2.68. The van der Waals surface area contributed by atoms with Gasteiger partial charge in [-0.15, -0.1) is 0 Å². The summed E-state index contributed by atoms with van der Waals surface area (Å²) in [6.07, 6.45) is 0.792. The van der Waals surface area contributed by atoms with Gasteiger partial charge in [0.05, 0.1) is 10.6 Å². The first-order valence-corrected chi connectivity index (χ1v) is 5.78. The van der Waals surface area contributed by atoms with Crippen LogP contribution in [-0.4, -0.2) is 16.1 Å². The number of aryl methyl sites for hydroxylation is 1. The summed E-state index contributed by atoms with van der Waals surface area (Å²) in [5, 5.41) is 9.36. The summed E-state index contributed by atoms with van der Waals surface area (Å²) in [6.45, 7) is 1.97. The van der Waals surface area contributed by atoms with Crippen molar-refractivity contribution < 1.29 is 9.18 Å². The number of nitrogens with zero attached hydrogens (tertiary/aromatic N) is 1. The Morgan fingerprint density at radius 1 is 1.50 bits per heavy atom. The van der Waals surface area contributed by atoms with Gasteiger partial charge < -0.3 is 5.32 Å². The minimum Gasteiger partial charge on any atom is -0.305 e. The topological polar surface area (TPSA) is 57.8 Å². The van der Waals surface area contributed by atoms with Gasteiger partial charge in [0.25, 0.3) is 5.91 Å². The van der Waals surface area contributed by atoms with Crippen LogP contribution in [0.1, 0.15) is 23.0 Å². The molecule has 18 heavy (non-hydrogen) atoms. The summed E-state index contributed by atoms with van der Waals surface area (Å²) < 4.78 is 12.9. The van der Waals surface area contributed by atoms with Gasteiger partial charge in [-0.1, -0.05) is 18.5 Å². The number of rotatable bonds is 3. The maximum absolute atomic E-state index is 12.9. The molecule has 0 saturated heterocycles. The Bertz CT molecular complexity index is 582. The fourth-order valence-electron chi connectivity index (χ4n) is 1.46. The number of amides is 1. The number of nitrogens with one attached hydrogen (secondary N) is 2. The normalized spacial score (nSPS) is 10.4. The van der Waals surface area contributed by atoms with Crippen LogP contribution in [-0.2, 0) is 6.42 Å². The molecule has 0 unspecified atom stereocenters. The molecule has 6 heteroatoms. The average Bonchev–Trinajstić information content (AvgIpc) is 2.76. The zero-order valence-corrected chi connectivity index (χ0v) is 10.4. The average molecular weight is 268 g/mol. The lowest BCUT2D eigenvalue weighted by molar-refractivity contribution is 0.102. The quantitative estimate of drug-likeness (QED) is 0.898. The van der Waals surface area contributed by atoms with Gasteiger partial charge in [-0.25, -0.2) is 4.39 Å². The number of H-pyrrole nitrogens is 1. The summed E-state index contributed by atoms with van der Waals surface area (Å²) in [4.78, 5) is 11.9. The van der Waals surface area contributed by atoms with Crippen LogP contribution in [0.4, 0.5) is 10.2 Å². The highest BCUT2D eigenvalue weighted by Crippen LogP contribution is 2.18. The fraction of sp³-hybridized carbons (Fsp3) is 0.167. The number of carbonyl (C=O) groups excluding carboxylic acids is 1. The zero-order chi connectivity index (χ0) is 13.1. The molecule has 0 spiro atoms. The Kier molecular flexibility index (Phi) is 3.62. The van der Waals surface area contributed by atoms with E-state index >= 15 is 0 Å². The van der Waals surface area contributed by atoms with Crippen molar-refractivity contribution >= 4 is 23.3 Å². The lowest BCUT2D eigenvalue weighted by Gasteiger charge is -2.03. The van der Waals surface area contributed by atoms with Gasteiger partial charge in [0, 0.05) is 11.8 Å². The smallest absolute Gasteiger partial charge is 0.258 e. The first-order valence-electron chi connectivity index (χ1n) is 5.41. The van der Waals surface area contributed by atoms with Gasteiger partial charge in [0.15, 0.2) is 5.82 Å². The molecule has 0 aliphatic carbocycles. The van der Waals surface area contributed by atoms with Gasteiger partial charge in [-0.2, -0.15) is 5.10 Å². The molecule has 0 atom stereocenters. The number of hydrogen-bond acceptors (Lipinski definition) is 2. The van der Waals surface area contributed by atoms with E-state index in [1.165, 1.54) is 12.1 Å². The Labute approximate surface area is 108 Å². The summed E-state index contributed by atoms with van der Waals surface area (Å²) in [6, 6.07) is 5.34. The monoisotopic (exact) mass is 267 g/mol. The van der Waals surface area contributed by atoms with Gasteiger partial charge in [-0.3, -0.25) is 9.89 Å². The number of benzene rings is 1. The summed E-state index contributed by atoms with van der Waals surface area (Å²) >= 11 is 5.79. The van der Waals surface area contributed by atoms with Crippen molar-refractivity contribution in [3.8, 4) is 0 Å². The van der Waals surface area contributed by atoms with Crippen LogP contribution >= 0.6 is 11.6 Å². The van der Waals surface area contributed by atoms with E-state index in [4.69, 9.17) is 11.6 Å². The number of hydrogen-bond donors (Lipinski definition) is 2. The van der Waals surface area contributed by atoms with Crippen molar-refractivity contribution in [2.45, 2.75) is 13.3 Å². The van der Waals surface area contributed by atoms with Gasteiger partial charge >= 0.3 is 0 Å². The first-order chi connectivity index (χ1) is 8.60. The molecule has 4 nitrogen and oxygen atoms in total. The van der Waals surface area contributed by atoms with Crippen molar-refractivity contribution in [2.75, 3.05) is 5.32 Å². The molecule has 2 N–H and O–H groups in total. The molecule has 0 bridgehead atoms. The first kappa shape index (κ1) is 12.6. The van der Waals surface area contributed by atoms with Crippen molar-refractivity contribution in [2.24, 2.45) is 0 Å². The molecule has 1 amide bonds. The third-order valence-electron chi connectivity index (χ3n) is 2.43. The van der Waals surface area contributed by atoms with Crippen LogP contribution in [0.15, 0.2) is 24.3 Å². The SMILES string of the molecule is CCc1cc(NC(=O)c2ccc(F)cc2Cl)n[nH]1. The molecule has 0 saturated carbocycles. The van der Waals surface area contributed by atoms with Crippen LogP contribution in [0, 0.1) is 5.82 Å². The van der Waals surface area contributed by atoms with E-state index in [9.17, 15) is 9.18 Å². The van der Waals surface area contributed by atoms with E-state index in [0.717, 1.165) is 18.2 Å². The van der Waals surface area contributed by atoms with E-state index in [2.05, 4.69) is 15.5 Å². The molecule has 0 fully saturated rings. The second-order valence-corrected chi connectivity index (χ2v) is 4.12. The predicted molar refractivity (Wildman–Crippen MR) is 67.3 cm³/mol. The molecule has 1 heterocycles.